The Bertz CT molecular complexity index is 844. The van der Waals surface area contributed by atoms with Gasteiger partial charge < -0.3 is 15.4 Å². The summed E-state index contributed by atoms with van der Waals surface area (Å²) in [6.45, 7) is 0. The predicted molar refractivity (Wildman–Crippen MR) is 99.2 cm³/mol. The number of methoxy groups -OCH3 is 1. The second kappa shape index (κ2) is 6.28. The van der Waals surface area contributed by atoms with E-state index >= 15 is 0 Å². The van der Waals surface area contributed by atoms with Gasteiger partial charge in [0.1, 0.15) is 5.75 Å². The predicted octanol–water partition coefficient (Wildman–Crippen LogP) is 3.88. The van der Waals surface area contributed by atoms with Crippen molar-refractivity contribution < 1.29 is 9.53 Å². The summed E-state index contributed by atoms with van der Waals surface area (Å²) in [5, 5.41) is 6.41. The van der Waals surface area contributed by atoms with E-state index in [0.29, 0.717) is 17.4 Å². The van der Waals surface area contributed by atoms with Crippen molar-refractivity contribution in [2.45, 2.75) is 18.4 Å². The van der Waals surface area contributed by atoms with Crippen LogP contribution in [-0.2, 0) is 0 Å². The number of anilines is 1. The number of allylic oxidation sites excluding steroid dienone is 2. The second-order valence-corrected chi connectivity index (χ2v) is 6.57. The normalized spacial score (nSPS) is 23.4. The maximum Gasteiger partial charge on any atom is 0.253 e. The summed E-state index contributed by atoms with van der Waals surface area (Å²) in [5.74, 6) is 1.55. The number of para-hydroxylation sites is 2. The van der Waals surface area contributed by atoms with E-state index in [1.807, 2.05) is 30.3 Å². The first-order chi connectivity index (χ1) is 12.2. The largest absolute Gasteiger partial charge is 0.496 e. The minimum atomic E-state index is -0.0662. The van der Waals surface area contributed by atoms with Crippen molar-refractivity contribution in [3.8, 4) is 5.75 Å². The molecule has 4 heteroatoms. The van der Waals surface area contributed by atoms with Crippen LogP contribution in [0.1, 0.15) is 39.9 Å². The maximum atomic E-state index is 12.4. The van der Waals surface area contributed by atoms with Crippen LogP contribution >= 0.6 is 0 Å². The fourth-order valence-electron chi connectivity index (χ4n) is 4.18. The maximum absolute atomic E-state index is 12.4. The first-order valence-corrected chi connectivity index (χ1v) is 8.65. The molecule has 2 aliphatic rings. The van der Waals surface area contributed by atoms with E-state index in [-0.39, 0.29) is 11.9 Å². The van der Waals surface area contributed by atoms with E-state index in [4.69, 9.17) is 4.74 Å². The molecule has 1 aliphatic heterocycles. The highest BCUT2D eigenvalue weighted by Gasteiger charge is 2.40. The molecule has 0 saturated heterocycles. The zero-order valence-electron chi connectivity index (χ0n) is 14.5. The Morgan fingerprint density at radius 2 is 1.96 bits per heavy atom. The molecule has 1 aliphatic carbocycles. The van der Waals surface area contributed by atoms with E-state index in [0.717, 1.165) is 23.4 Å². The van der Waals surface area contributed by atoms with Crippen LogP contribution in [0.3, 0.4) is 0 Å². The molecule has 2 aromatic rings. The molecule has 0 radical (unpaired) electrons. The van der Waals surface area contributed by atoms with Gasteiger partial charge in [-0.25, -0.2) is 0 Å². The third-order valence-corrected chi connectivity index (χ3v) is 5.34. The Morgan fingerprint density at radius 3 is 2.76 bits per heavy atom. The molecule has 2 aromatic carbocycles. The lowest BCUT2D eigenvalue weighted by molar-refractivity contribution is 0.0963. The van der Waals surface area contributed by atoms with Crippen LogP contribution < -0.4 is 15.4 Å². The Labute approximate surface area is 147 Å². The van der Waals surface area contributed by atoms with Crippen molar-refractivity contribution in [1.82, 2.24) is 5.32 Å². The summed E-state index contributed by atoms with van der Waals surface area (Å²) in [6.07, 6.45) is 5.55. The van der Waals surface area contributed by atoms with Crippen LogP contribution in [0.4, 0.5) is 5.69 Å². The van der Waals surface area contributed by atoms with Gasteiger partial charge in [0, 0.05) is 18.5 Å². The third-order valence-electron chi connectivity index (χ3n) is 5.34. The molecule has 0 saturated carbocycles. The summed E-state index contributed by atoms with van der Waals surface area (Å²) in [6, 6.07) is 14.2. The van der Waals surface area contributed by atoms with Crippen molar-refractivity contribution in [3.63, 3.8) is 0 Å². The van der Waals surface area contributed by atoms with Gasteiger partial charge in [-0.2, -0.15) is 0 Å². The molecule has 0 bridgehead atoms. The molecular formula is C21H22N2O2. The van der Waals surface area contributed by atoms with Gasteiger partial charge in [-0.1, -0.05) is 42.5 Å². The van der Waals surface area contributed by atoms with E-state index in [1.165, 1.54) is 5.56 Å². The van der Waals surface area contributed by atoms with Crippen LogP contribution in [0.15, 0.2) is 54.6 Å². The van der Waals surface area contributed by atoms with Crippen molar-refractivity contribution in [2.75, 3.05) is 19.5 Å². The highest BCUT2D eigenvalue weighted by atomic mass is 16.5. The molecule has 128 valence electrons. The van der Waals surface area contributed by atoms with Gasteiger partial charge in [0.25, 0.3) is 5.91 Å². The molecular weight excluding hydrogens is 312 g/mol. The van der Waals surface area contributed by atoms with Crippen LogP contribution in [0.2, 0.25) is 0 Å². The number of nitrogens with one attached hydrogen (secondary N) is 2. The lowest BCUT2D eigenvalue weighted by Gasteiger charge is -2.38. The minimum Gasteiger partial charge on any atom is -0.496 e. The van der Waals surface area contributed by atoms with Crippen molar-refractivity contribution in [2.24, 2.45) is 5.92 Å². The van der Waals surface area contributed by atoms with Gasteiger partial charge in [0.15, 0.2) is 0 Å². The number of rotatable bonds is 3. The fourth-order valence-corrected chi connectivity index (χ4v) is 4.18. The van der Waals surface area contributed by atoms with E-state index < -0.39 is 0 Å². The number of amides is 1. The summed E-state index contributed by atoms with van der Waals surface area (Å²) >= 11 is 0. The van der Waals surface area contributed by atoms with Gasteiger partial charge >= 0.3 is 0 Å². The quantitative estimate of drug-likeness (QED) is 0.838. The monoisotopic (exact) mass is 334 g/mol. The van der Waals surface area contributed by atoms with E-state index in [9.17, 15) is 4.79 Å². The molecule has 25 heavy (non-hydrogen) atoms. The Morgan fingerprint density at radius 1 is 1.16 bits per heavy atom. The topological polar surface area (TPSA) is 50.4 Å². The van der Waals surface area contributed by atoms with Gasteiger partial charge in [-0.3, -0.25) is 4.79 Å². The van der Waals surface area contributed by atoms with E-state index in [2.05, 4.69) is 34.9 Å². The minimum absolute atomic E-state index is 0.0662. The molecule has 0 fully saturated rings. The number of ether oxygens (including phenoxy) is 1. The molecule has 3 unspecified atom stereocenters. The summed E-state index contributed by atoms with van der Waals surface area (Å²) in [7, 11) is 3.37. The zero-order valence-corrected chi connectivity index (χ0v) is 14.5. The number of hydrogen-bond donors (Lipinski definition) is 2. The van der Waals surface area contributed by atoms with Crippen molar-refractivity contribution >= 4 is 11.6 Å². The lowest BCUT2D eigenvalue weighted by Crippen LogP contribution is -2.31. The number of fused-ring (bicyclic) bond motifs is 3. The molecule has 0 spiro atoms. The Kier molecular flexibility index (Phi) is 3.96. The molecule has 3 atom stereocenters. The fraction of sp³-hybridized carbons (Fsp3) is 0.286. The number of carbonyl (C=O) groups excluding carboxylic acids is 1. The van der Waals surface area contributed by atoms with Gasteiger partial charge in [0.05, 0.1) is 24.4 Å². The summed E-state index contributed by atoms with van der Waals surface area (Å²) in [4.78, 5) is 12.4. The number of benzene rings is 2. The van der Waals surface area contributed by atoms with E-state index in [1.54, 1.807) is 14.2 Å². The second-order valence-electron chi connectivity index (χ2n) is 6.57. The van der Waals surface area contributed by atoms with Gasteiger partial charge in [-0.05, 0) is 30.0 Å². The highest BCUT2D eigenvalue weighted by Crippen LogP contribution is 2.51. The van der Waals surface area contributed by atoms with Gasteiger partial charge in [-0.15, -0.1) is 0 Å². The van der Waals surface area contributed by atoms with Crippen molar-refractivity contribution in [1.29, 1.82) is 0 Å². The summed E-state index contributed by atoms with van der Waals surface area (Å²) < 4.78 is 5.59. The highest BCUT2D eigenvalue weighted by molar-refractivity contribution is 6.00. The lowest BCUT2D eigenvalue weighted by atomic mass is 9.76. The Hall–Kier alpha value is -2.75. The zero-order chi connectivity index (χ0) is 17.4. The van der Waals surface area contributed by atoms with Crippen LogP contribution in [-0.4, -0.2) is 20.1 Å². The summed E-state index contributed by atoms with van der Waals surface area (Å²) in [5.41, 5.74) is 3.97. The first kappa shape index (κ1) is 15.8. The number of hydrogen-bond acceptors (Lipinski definition) is 3. The standard InChI is InChI=1S/C21H22N2O2/c1-22-21(24)17-11-6-10-15-13-8-5-9-14(13)19(23-20(15)17)16-7-3-4-12-18(16)25-2/h3-8,10-14,19,23H,9H2,1-2H3,(H,22,24). The average Bonchev–Trinajstić information content (AvgIpc) is 3.16. The molecule has 1 amide bonds. The van der Waals surface area contributed by atoms with Crippen LogP contribution in [0.5, 0.6) is 5.75 Å². The number of carbonyl (C=O) groups is 1. The molecule has 2 N–H and O–H groups in total. The van der Waals surface area contributed by atoms with Crippen LogP contribution in [0.25, 0.3) is 0 Å². The average molecular weight is 334 g/mol. The smallest absolute Gasteiger partial charge is 0.253 e. The molecule has 0 aromatic heterocycles. The van der Waals surface area contributed by atoms with Crippen LogP contribution in [0, 0.1) is 5.92 Å². The van der Waals surface area contributed by atoms with Gasteiger partial charge in [0.2, 0.25) is 0 Å². The first-order valence-electron chi connectivity index (χ1n) is 8.65. The third kappa shape index (κ3) is 2.49. The molecule has 4 nitrogen and oxygen atoms in total. The Balaban J connectivity index is 1.85. The molecule has 4 rings (SSSR count). The SMILES string of the molecule is CNC(=O)c1cccc2c1NC(c1ccccc1OC)C1CC=CC21. The van der Waals surface area contributed by atoms with Crippen molar-refractivity contribution in [3.05, 3.63) is 71.3 Å². The molecule has 1 heterocycles.